The Kier molecular flexibility index (Phi) is 20.6. The van der Waals surface area contributed by atoms with Crippen molar-refractivity contribution in [3.8, 4) is 152 Å². The number of aromatic nitrogens is 6. The van der Waals surface area contributed by atoms with E-state index in [4.69, 9.17) is 19.7 Å². The van der Waals surface area contributed by atoms with Crippen LogP contribution in [0.2, 0.25) is 0 Å². The van der Waals surface area contributed by atoms with E-state index in [0.717, 1.165) is 155 Å². The molecule has 0 amide bonds. The first-order valence-corrected chi connectivity index (χ1v) is 36.4. The highest BCUT2D eigenvalue weighted by molar-refractivity contribution is 5.95. The minimum atomic E-state index is 0.396. The summed E-state index contributed by atoms with van der Waals surface area (Å²) < 4.78 is 0. The van der Waals surface area contributed by atoms with Gasteiger partial charge in [-0.1, -0.05) is 189 Å². The molecule has 0 aliphatic carbocycles. The van der Waals surface area contributed by atoms with Crippen LogP contribution < -0.4 is 0 Å². The molecule has 18 aromatic rings. The molecule has 114 heavy (non-hydrogen) atoms. The van der Waals surface area contributed by atoms with Gasteiger partial charge in [-0.25, -0.2) is 14.7 Å². The largest absolute Gasteiger partial charge is 0.361 e. The van der Waals surface area contributed by atoms with Crippen LogP contribution in [0.15, 0.2) is 365 Å². The van der Waals surface area contributed by atoms with Crippen molar-refractivity contribution in [2.24, 2.45) is 0 Å². The van der Waals surface area contributed by atoms with Crippen molar-refractivity contribution in [3.05, 3.63) is 416 Å². The number of hydrogen-bond donors (Lipinski definition) is 0. The van der Waals surface area contributed by atoms with Crippen LogP contribution in [0.3, 0.4) is 0 Å². The topological polar surface area (TPSA) is 162 Å². The van der Waals surface area contributed by atoms with E-state index < -0.39 is 0 Å². The van der Waals surface area contributed by atoms with Gasteiger partial charge < -0.3 is 4.85 Å². The molecule has 0 saturated heterocycles. The van der Waals surface area contributed by atoms with Crippen LogP contribution >= 0.6 is 0 Å². The second-order valence-electron chi connectivity index (χ2n) is 27.0. The molecular weight excluding hydrogens is 1390 g/mol. The van der Waals surface area contributed by atoms with Crippen LogP contribution in [0.1, 0.15) is 16.8 Å². The van der Waals surface area contributed by atoms with Gasteiger partial charge in [0.05, 0.1) is 41.7 Å². The van der Waals surface area contributed by atoms with E-state index in [1.165, 1.54) is 10.8 Å². The predicted octanol–water partition coefficient (Wildman–Crippen LogP) is 26.2. The number of hydrogen-bond acceptors (Lipinski definition) is 9. The summed E-state index contributed by atoms with van der Waals surface area (Å²) >= 11 is 0. The summed E-state index contributed by atoms with van der Waals surface area (Å²) in [5, 5.41) is 34.6. The van der Waals surface area contributed by atoms with E-state index in [0.29, 0.717) is 34.0 Å². The fraction of sp³-hybridized carbons (Fsp3) is 0. The Hall–Kier alpha value is -16.7. The molecule has 12 heteroatoms. The molecule has 0 N–H and O–H groups in total. The van der Waals surface area contributed by atoms with Gasteiger partial charge >= 0.3 is 0 Å². The highest BCUT2D eigenvalue weighted by Crippen LogP contribution is 2.38. The van der Waals surface area contributed by atoms with Gasteiger partial charge in [-0.3, -0.25) is 19.9 Å². The highest BCUT2D eigenvalue weighted by atomic mass is 14.8. The summed E-state index contributed by atoms with van der Waals surface area (Å²) in [4.78, 5) is 36.0. The molecule has 0 radical (unpaired) electrons. The first-order chi connectivity index (χ1) is 56.1. The fourth-order valence-corrected chi connectivity index (χ4v) is 14.0. The summed E-state index contributed by atoms with van der Waals surface area (Å²) in [6.07, 6.45) is 13.4. The lowest BCUT2D eigenvalue weighted by Gasteiger charge is -2.10. The third-order valence-electron chi connectivity index (χ3n) is 19.8. The standard InChI is InChI=1S/3C34H20N4/c1-36-34-17-33(21-38-22-34)27-7-3-5-25(14-27)29-9-11-30-15-28(8-10-31(30)16-29)24-4-2-6-26(13-24)32-12-23(18-35)19-37-20-32;1-36-32-13-15-38-34(21-32)31-7-3-5-25(20-31)27-9-11-28-17-26(8-10-29(28)18-27)24-4-2-6-30(19-24)33-16-23(22-35)12-14-37-33;1-36-34-21-32(13-15-38-34)26-7-3-5-24(17-26)28-9-11-29-18-27(8-10-30(29)19-28)23-4-2-6-25(16-23)31-12-14-37-33(20-31)22-35/h2-17,19-22H;2*2-21H. The summed E-state index contributed by atoms with van der Waals surface area (Å²) in [7, 11) is 0. The number of pyridine rings is 6. The minimum Gasteiger partial charge on any atom is -0.361 e. The van der Waals surface area contributed by atoms with E-state index in [2.05, 4.69) is 257 Å². The number of rotatable bonds is 12. The lowest BCUT2D eigenvalue weighted by atomic mass is 9.95. The fourth-order valence-electron chi connectivity index (χ4n) is 14.0. The third kappa shape index (κ3) is 16.1. The second kappa shape index (κ2) is 32.8. The average Bonchev–Trinajstić information content (AvgIpc) is 0.797. The SMILES string of the molecule is [C-]#[N+]c1cc(-c2cccc(-c3ccc4cc(-c5cccc(-c6ccnc(C#N)c6)c5)ccc4c3)c2)ccn1.[C-]#[N+]c1ccnc(-c2cccc(-c3ccc4cc(-c5cccc(-c6cc(C#N)ccn6)c5)ccc4c3)c2)c1.[C-]#[N+]c1cncc(-c2cccc(-c3ccc4cc(-c5cccc(-c6cncc(C#N)c6)c5)ccc4c3)c2)c1. The lowest BCUT2D eigenvalue weighted by molar-refractivity contribution is 1.26. The Balaban J connectivity index is 0.000000129. The van der Waals surface area contributed by atoms with Crippen molar-refractivity contribution in [3.63, 3.8) is 0 Å². The number of fused-ring (bicyclic) bond motifs is 3. The molecule has 6 aromatic heterocycles. The maximum absolute atomic E-state index is 9.23. The van der Waals surface area contributed by atoms with E-state index in [9.17, 15) is 15.8 Å². The average molecular weight is 1450 g/mol. The zero-order valence-corrected chi connectivity index (χ0v) is 61.0. The van der Waals surface area contributed by atoms with Gasteiger partial charge in [0.1, 0.15) is 24.0 Å². The first kappa shape index (κ1) is 71.5. The van der Waals surface area contributed by atoms with E-state index >= 15 is 0 Å². The molecular formula is C102H60N12. The summed E-state index contributed by atoms with van der Waals surface area (Å²) in [5.41, 5.74) is 27.6. The van der Waals surface area contributed by atoms with Crippen LogP contribution in [-0.2, 0) is 0 Å². The van der Waals surface area contributed by atoms with Crippen LogP contribution in [-0.4, -0.2) is 29.9 Å². The van der Waals surface area contributed by atoms with Gasteiger partial charge in [-0.05, 0) is 277 Å². The van der Waals surface area contributed by atoms with Crippen LogP contribution in [0.5, 0.6) is 0 Å². The molecule has 0 unspecified atom stereocenters. The Bertz CT molecular complexity index is 5970. The lowest BCUT2D eigenvalue weighted by Crippen LogP contribution is -1.87. The summed E-state index contributed by atoms with van der Waals surface area (Å²) in [6.45, 7) is 21.8. The molecule has 18 rings (SSSR count). The van der Waals surface area contributed by atoms with E-state index in [1.54, 1.807) is 61.7 Å². The van der Waals surface area contributed by atoms with Crippen molar-refractivity contribution >= 4 is 49.5 Å². The Labute approximate surface area is 659 Å². The highest BCUT2D eigenvalue weighted by Gasteiger charge is 2.14. The molecule has 0 bridgehead atoms. The normalized spacial score (nSPS) is 10.6. The number of nitrogens with zero attached hydrogens (tertiary/aromatic N) is 12. The summed E-state index contributed by atoms with van der Waals surface area (Å²) in [6, 6.07) is 114. The van der Waals surface area contributed by atoms with Crippen molar-refractivity contribution in [2.45, 2.75) is 0 Å². The smallest absolute Gasteiger partial charge is 0.270 e. The molecule has 0 aliphatic rings. The molecule has 12 aromatic carbocycles. The van der Waals surface area contributed by atoms with Gasteiger partial charge in [-0.15, -0.1) is 4.98 Å². The summed E-state index contributed by atoms with van der Waals surface area (Å²) in [5.74, 6) is 0.396. The number of benzene rings is 12. The third-order valence-corrected chi connectivity index (χ3v) is 19.8. The molecule has 0 atom stereocenters. The van der Waals surface area contributed by atoms with Gasteiger partial charge in [0.25, 0.3) is 5.82 Å². The predicted molar refractivity (Wildman–Crippen MR) is 457 cm³/mol. The van der Waals surface area contributed by atoms with Gasteiger partial charge in [-0.2, -0.15) is 15.8 Å². The van der Waals surface area contributed by atoms with Gasteiger partial charge in [0, 0.05) is 54.5 Å². The maximum atomic E-state index is 9.23. The zero-order valence-electron chi connectivity index (χ0n) is 61.0. The van der Waals surface area contributed by atoms with Crippen molar-refractivity contribution < 1.29 is 0 Å². The molecule has 0 saturated carbocycles. The molecule has 12 nitrogen and oxygen atoms in total. The van der Waals surface area contributed by atoms with E-state index in [1.807, 2.05) is 109 Å². The van der Waals surface area contributed by atoms with Crippen LogP contribution in [0.4, 0.5) is 17.2 Å². The first-order valence-electron chi connectivity index (χ1n) is 36.4. The van der Waals surface area contributed by atoms with E-state index in [-0.39, 0.29) is 0 Å². The van der Waals surface area contributed by atoms with Crippen molar-refractivity contribution in [1.82, 2.24) is 29.9 Å². The second-order valence-corrected chi connectivity index (χ2v) is 27.0. The molecule has 528 valence electrons. The van der Waals surface area contributed by atoms with Crippen LogP contribution in [0, 0.1) is 53.7 Å². The Morgan fingerprint density at radius 3 is 0.956 bits per heavy atom. The monoisotopic (exact) mass is 1450 g/mol. The quantitative estimate of drug-likeness (QED) is 0.108. The van der Waals surface area contributed by atoms with Gasteiger partial charge in [0.15, 0.2) is 5.69 Å². The van der Waals surface area contributed by atoms with Crippen LogP contribution in [0.25, 0.3) is 181 Å². The van der Waals surface area contributed by atoms with Gasteiger partial charge in [0.2, 0.25) is 5.69 Å². The number of nitriles is 3. The van der Waals surface area contributed by atoms with Crippen molar-refractivity contribution in [2.75, 3.05) is 0 Å². The molecule has 0 spiro atoms. The Morgan fingerprint density at radius 1 is 0.219 bits per heavy atom. The minimum absolute atomic E-state index is 0.396. The maximum Gasteiger partial charge on any atom is 0.270 e. The zero-order chi connectivity index (χ0) is 77.7. The molecule has 6 heterocycles. The molecule has 0 fully saturated rings. The Morgan fingerprint density at radius 2 is 0.553 bits per heavy atom. The molecule has 0 aliphatic heterocycles. The van der Waals surface area contributed by atoms with Crippen molar-refractivity contribution in [1.29, 1.82) is 15.8 Å².